The Kier molecular flexibility index (Phi) is 7.23. The summed E-state index contributed by atoms with van der Waals surface area (Å²) in [6.07, 6.45) is 4.36. The maximum Gasteiger partial charge on any atom is 0.168 e. The predicted octanol–water partition coefficient (Wildman–Crippen LogP) is 1.94. The van der Waals surface area contributed by atoms with Crippen LogP contribution in [0.1, 0.15) is 39.5 Å². The van der Waals surface area contributed by atoms with E-state index in [1.165, 1.54) is 0 Å². The highest BCUT2D eigenvalue weighted by Crippen LogP contribution is 2.29. The molecule has 0 amide bonds. The first kappa shape index (κ1) is 12.9. The molecule has 1 rings (SSSR count). The molecule has 0 aromatic carbocycles. The Balaban J connectivity index is 0.000000671. The maximum absolute atomic E-state index is 7.00. The van der Waals surface area contributed by atoms with Crippen LogP contribution in [0.25, 0.3) is 0 Å². The monoisotopic (exact) mass is 190 g/mol. The standard InChI is InChI=1S/C9H18O2.CH4O/c1-3-5-9(6-4-2)10-7-8-11-9;1-2/h3-8H2,1-2H3;2H,1H3. The Morgan fingerprint density at radius 2 is 1.38 bits per heavy atom. The van der Waals surface area contributed by atoms with E-state index >= 15 is 0 Å². The summed E-state index contributed by atoms with van der Waals surface area (Å²) in [7, 11) is 1.00. The van der Waals surface area contributed by atoms with Crippen molar-refractivity contribution >= 4 is 0 Å². The van der Waals surface area contributed by atoms with Crippen molar-refractivity contribution in [2.45, 2.75) is 45.3 Å². The summed E-state index contributed by atoms with van der Waals surface area (Å²) in [6, 6.07) is 0. The highest BCUT2D eigenvalue weighted by molar-refractivity contribution is 4.72. The summed E-state index contributed by atoms with van der Waals surface area (Å²) in [5.41, 5.74) is 0. The smallest absolute Gasteiger partial charge is 0.168 e. The number of hydrogen-bond donors (Lipinski definition) is 1. The molecule has 80 valence electrons. The summed E-state index contributed by atoms with van der Waals surface area (Å²) in [5, 5.41) is 7.00. The van der Waals surface area contributed by atoms with E-state index in [9.17, 15) is 0 Å². The second-order valence-corrected chi connectivity index (χ2v) is 3.11. The van der Waals surface area contributed by atoms with Gasteiger partial charge in [0.15, 0.2) is 5.79 Å². The number of aliphatic hydroxyl groups is 1. The van der Waals surface area contributed by atoms with Gasteiger partial charge in [0.25, 0.3) is 0 Å². The lowest BCUT2D eigenvalue weighted by molar-refractivity contribution is -0.167. The Labute approximate surface area is 81.0 Å². The van der Waals surface area contributed by atoms with Gasteiger partial charge in [0.05, 0.1) is 13.2 Å². The van der Waals surface area contributed by atoms with E-state index in [1.54, 1.807) is 0 Å². The van der Waals surface area contributed by atoms with Crippen LogP contribution in [0.5, 0.6) is 0 Å². The van der Waals surface area contributed by atoms with E-state index in [0.29, 0.717) is 0 Å². The zero-order valence-electron chi connectivity index (χ0n) is 9.01. The number of aliphatic hydroxyl groups excluding tert-OH is 1. The summed E-state index contributed by atoms with van der Waals surface area (Å²) >= 11 is 0. The van der Waals surface area contributed by atoms with Crippen LogP contribution < -0.4 is 0 Å². The highest BCUT2D eigenvalue weighted by atomic mass is 16.7. The van der Waals surface area contributed by atoms with Crippen LogP contribution in [-0.2, 0) is 9.47 Å². The van der Waals surface area contributed by atoms with Gasteiger partial charge < -0.3 is 14.6 Å². The first-order valence-electron chi connectivity index (χ1n) is 5.05. The van der Waals surface area contributed by atoms with Crippen LogP contribution in [0, 0.1) is 0 Å². The molecule has 1 aliphatic heterocycles. The van der Waals surface area contributed by atoms with Gasteiger partial charge in [-0.25, -0.2) is 0 Å². The van der Waals surface area contributed by atoms with Crippen molar-refractivity contribution in [2.75, 3.05) is 20.3 Å². The van der Waals surface area contributed by atoms with Crippen molar-refractivity contribution in [1.29, 1.82) is 0 Å². The van der Waals surface area contributed by atoms with Crippen LogP contribution >= 0.6 is 0 Å². The van der Waals surface area contributed by atoms with Crippen molar-refractivity contribution in [3.05, 3.63) is 0 Å². The molecular formula is C10H22O3. The van der Waals surface area contributed by atoms with Gasteiger partial charge in [-0.3, -0.25) is 0 Å². The van der Waals surface area contributed by atoms with Gasteiger partial charge in [-0.15, -0.1) is 0 Å². The van der Waals surface area contributed by atoms with E-state index in [1.807, 2.05) is 0 Å². The van der Waals surface area contributed by atoms with Crippen LogP contribution in [-0.4, -0.2) is 31.2 Å². The highest BCUT2D eigenvalue weighted by Gasteiger charge is 2.34. The first-order chi connectivity index (χ1) is 6.33. The number of ether oxygens (including phenoxy) is 2. The predicted molar refractivity (Wildman–Crippen MR) is 52.6 cm³/mol. The SMILES string of the molecule is CCCC1(CCC)OCCO1.CO. The van der Waals surface area contributed by atoms with Crippen LogP contribution in [0.15, 0.2) is 0 Å². The lowest BCUT2D eigenvalue weighted by Crippen LogP contribution is -2.29. The summed E-state index contributed by atoms with van der Waals surface area (Å²) < 4.78 is 11.2. The van der Waals surface area contributed by atoms with E-state index in [0.717, 1.165) is 46.0 Å². The van der Waals surface area contributed by atoms with Gasteiger partial charge in [-0.05, 0) is 0 Å². The molecule has 3 nitrogen and oxygen atoms in total. The molecule has 1 heterocycles. The molecule has 0 bridgehead atoms. The van der Waals surface area contributed by atoms with E-state index in [4.69, 9.17) is 14.6 Å². The van der Waals surface area contributed by atoms with Crippen LogP contribution in [0.3, 0.4) is 0 Å². The van der Waals surface area contributed by atoms with Crippen molar-refractivity contribution in [2.24, 2.45) is 0 Å². The Bertz CT molecular complexity index is 101. The quantitative estimate of drug-likeness (QED) is 0.736. The summed E-state index contributed by atoms with van der Waals surface area (Å²) in [5.74, 6) is -0.205. The fourth-order valence-corrected chi connectivity index (χ4v) is 1.67. The Morgan fingerprint density at radius 3 is 1.69 bits per heavy atom. The zero-order chi connectivity index (χ0) is 10.2. The van der Waals surface area contributed by atoms with E-state index < -0.39 is 0 Å². The van der Waals surface area contributed by atoms with Crippen molar-refractivity contribution in [1.82, 2.24) is 0 Å². The normalized spacial score (nSPS) is 19.4. The molecule has 1 aliphatic rings. The molecule has 0 spiro atoms. The van der Waals surface area contributed by atoms with Gasteiger partial charge in [-0.2, -0.15) is 0 Å². The minimum Gasteiger partial charge on any atom is -0.400 e. The third kappa shape index (κ3) is 4.07. The Morgan fingerprint density at radius 1 is 1.00 bits per heavy atom. The minimum atomic E-state index is -0.205. The minimum absolute atomic E-state index is 0.205. The Hall–Kier alpha value is -0.120. The molecule has 0 radical (unpaired) electrons. The van der Waals surface area contributed by atoms with Gasteiger partial charge >= 0.3 is 0 Å². The second-order valence-electron chi connectivity index (χ2n) is 3.11. The van der Waals surface area contributed by atoms with Gasteiger partial charge in [0.2, 0.25) is 0 Å². The summed E-state index contributed by atoms with van der Waals surface area (Å²) in [4.78, 5) is 0. The van der Waals surface area contributed by atoms with E-state index in [-0.39, 0.29) is 5.79 Å². The first-order valence-corrected chi connectivity index (χ1v) is 5.05. The fourth-order valence-electron chi connectivity index (χ4n) is 1.67. The third-order valence-corrected chi connectivity index (χ3v) is 2.08. The van der Waals surface area contributed by atoms with Crippen LogP contribution in [0.4, 0.5) is 0 Å². The number of rotatable bonds is 4. The van der Waals surface area contributed by atoms with Crippen molar-refractivity contribution < 1.29 is 14.6 Å². The van der Waals surface area contributed by atoms with Crippen molar-refractivity contribution in [3.8, 4) is 0 Å². The molecular weight excluding hydrogens is 168 g/mol. The average Bonchev–Trinajstić information content (AvgIpc) is 2.58. The topological polar surface area (TPSA) is 38.7 Å². The molecule has 1 fully saturated rings. The van der Waals surface area contributed by atoms with Gasteiger partial charge in [-0.1, -0.05) is 26.7 Å². The summed E-state index contributed by atoms with van der Waals surface area (Å²) in [6.45, 7) is 5.89. The molecule has 1 N–H and O–H groups in total. The molecule has 13 heavy (non-hydrogen) atoms. The second kappa shape index (κ2) is 7.30. The lowest BCUT2D eigenvalue weighted by Gasteiger charge is -2.26. The molecule has 0 saturated carbocycles. The molecule has 0 aromatic heterocycles. The molecule has 3 heteroatoms. The van der Waals surface area contributed by atoms with E-state index in [2.05, 4.69) is 13.8 Å². The fraction of sp³-hybridized carbons (Fsp3) is 1.00. The maximum atomic E-state index is 7.00. The van der Waals surface area contributed by atoms with Crippen LogP contribution in [0.2, 0.25) is 0 Å². The molecule has 1 saturated heterocycles. The third-order valence-electron chi connectivity index (χ3n) is 2.08. The lowest BCUT2D eigenvalue weighted by atomic mass is 10.1. The van der Waals surface area contributed by atoms with Gasteiger partial charge in [0, 0.05) is 20.0 Å². The average molecular weight is 190 g/mol. The number of hydrogen-bond acceptors (Lipinski definition) is 3. The zero-order valence-corrected chi connectivity index (χ0v) is 9.01. The van der Waals surface area contributed by atoms with Gasteiger partial charge in [0.1, 0.15) is 0 Å². The van der Waals surface area contributed by atoms with Crippen molar-refractivity contribution in [3.63, 3.8) is 0 Å². The molecule has 0 unspecified atom stereocenters. The molecule has 0 aliphatic carbocycles. The molecule has 0 aromatic rings. The molecule has 0 atom stereocenters. The largest absolute Gasteiger partial charge is 0.400 e.